The Balaban J connectivity index is 1.57. The van der Waals surface area contributed by atoms with E-state index in [1.54, 1.807) is 16.7 Å². The van der Waals surface area contributed by atoms with Crippen molar-refractivity contribution in [2.45, 2.75) is 51.1 Å². The number of sulfone groups is 1. The lowest BCUT2D eigenvalue weighted by atomic mass is 10.0. The summed E-state index contributed by atoms with van der Waals surface area (Å²) in [5.74, 6) is -0.0712. The van der Waals surface area contributed by atoms with Gasteiger partial charge in [0.25, 0.3) is 0 Å². The fourth-order valence-corrected chi connectivity index (χ4v) is 6.15. The Hall–Kier alpha value is -1.89. The molecule has 2 saturated heterocycles. The first-order chi connectivity index (χ1) is 12.9. The molecular weight excluding hydrogens is 364 g/mol. The van der Waals surface area contributed by atoms with Gasteiger partial charge in [0.2, 0.25) is 11.8 Å². The Bertz CT molecular complexity index is 778. The number of amides is 2. The number of aryl methyl sites for hydroxylation is 1. The molecular formula is C20H28N2O4S. The van der Waals surface area contributed by atoms with Crippen LogP contribution in [0.4, 0.5) is 0 Å². The van der Waals surface area contributed by atoms with Gasteiger partial charge in [0, 0.05) is 25.9 Å². The van der Waals surface area contributed by atoms with Crippen molar-refractivity contribution < 1.29 is 18.0 Å². The molecule has 27 heavy (non-hydrogen) atoms. The zero-order valence-electron chi connectivity index (χ0n) is 15.8. The second kappa shape index (κ2) is 8.42. The van der Waals surface area contributed by atoms with Crippen LogP contribution in [-0.4, -0.2) is 66.7 Å². The Kier molecular flexibility index (Phi) is 6.19. The van der Waals surface area contributed by atoms with E-state index in [-0.39, 0.29) is 35.4 Å². The molecule has 0 N–H and O–H groups in total. The van der Waals surface area contributed by atoms with Crippen molar-refractivity contribution in [3.05, 3.63) is 35.9 Å². The molecule has 0 aliphatic carbocycles. The third-order valence-corrected chi connectivity index (χ3v) is 7.27. The maximum Gasteiger partial charge on any atom is 0.222 e. The quantitative estimate of drug-likeness (QED) is 0.690. The Labute approximate surface area is 161 Å². The van der Waals surface area contributed by atoms with Crippen LogP contribution >= 0.6 is 0 Å². The summed E-state index contributed by atoms with van der Waals surface area (Å²) in [7, 11) is -3.22. The fraction of sp³-hybridized carbons (Fsp3) is 0.600. The normalized spacial score (nSPS) is 23.9. The summed E-state index contributed by atoms with van der Waals surface area (Å²) in [5.41, 5.74) is 1.26. The van der Waals surface area contributed by atoms with E-state index < -0.39 is 9.84 Å². The van der Waals surface area contributed by atoms with E-state index in [4.69, 9.17) is 0 Å². The highest BCUT2D eigenvalue weighted by atomic mass is 32.2. The Morgan fingerprint density at radius 2 is 1.56 bits per heavy atom. The maximum absolute atomic E-state index is 12.7. The van der Waals surface area contributed by atoms with Crippen LogP contribution in [0.5, 0.6) is 0 Å². The van der Waals surface area contributed by atoms with Crippen molar-refractivity contribution in [1.29, 1.82) is 0 Å². The summed E-state index contributed by atoms with van der Waals surface area (Å²) < 4.78 is 24.3. The van der Waals surface area contributed by atoms with E-state index in [0.29, 0.717) is 25.9 Å². The molecule has 0 saturated carbocycles. The molecule has 2 fully saturated rings. The molecule has 2 atom stereocenters. The zero-order valence-corrected chi connectivity index (χ0v) is 16.7. The van der Waals surface area contributed by atoms with E-state index in [1.165, 1.54) is 5.56 Å². The molecule has 2 heterocycles. The largest absolute Gasteiger partial charge is 0.335 e. The number of hydrogen-bond donors (Lipinski definition) is 0. The van der Waals surface area contributed by atoms with Gasteiger partial charge in [-0.05, 0) is 24.8 Å². The number of nitrogens with zero attached hydrogens (tertiary/aromatic N) is 2. The van der Waals surface area contributed by atoms with Gasteiger partial charge in [0.05, 0.1) is 23.6 Å². The van der Waals surface area contributed by atoms with E-state index >= 15 is 0 Å². The molecule has 2 aliphatic rings. The first-order valence-electron chi connectivity index (χ1n) is 9.74. The summed E-state index contributed by atoms with van der Waals surface area (Å²) in [6.45, 7) is 2.64. The number of fused-ring (bicyclic) bond motifs is 1. The highest BCUT2D eigenvalue weighted by Crippen LogP contribution is 2.28. The number of carbonyl (C=O) groups is 2. The molecule has 6 nitrogen and oxygen atoms in total. The number of unbranched alkanes of at least 4 members (excludes halogenated alkanes) is 1. The van der Waals surface area contributed by atoms with Crippen LogP contribution < -0.4 is 0 Å². The Morgan fingerprint density at radius 3 is 2.15 bits per heavy atom. The first-order valence-corrected chi connectivity index (χ1v) is 11.6. The molecule has 1 aromatic carbocycles. The van der Waals surface area contributed by atoms with Crippen molar-refractivity contribution in [3.63, 3.8) is 0 Å². The van der Waals surface area contributed by atoms with E-state index in [9.17, 15) is 18.0 Å². The van der Waals surface area contributed by atoms with Crippen LogP contribution in [0.3, 0.4) is 0 Å². The SMILES string of the molecule is CCC(=O)N1CCN(C(=O)CCCCc2ccccc2)[C@H]2CS(=O)(=O)C[C@H]21. The van der Waals surface area contributed by atoms with E-state index in [1.807, 2.05) is 18.2 Å². The number of rotatable bonds is 6. The fourth-order valence-electron chi connectivity index (χ4n) is 4.17. The van der Waals surface area contributed by atoms with Crippen molar-refractivity contribution >= 4 is 21.7 Å². The average Bonchev–Trinajstić information content (AvgIpc) is 2.99. The second-order valence-electron chi connectivity index (χ2n) is 7.43. The standard InChI is InChI=1S/C20H28N2O4S/c1-2-19(23)21-12-13-22(18-15-27(25,26)14-17(18)21)20(24)11-7-6-10-16-8-4-3-5-9-16/h3-5,8-9,17-18H,2,6-7,10-15H2,1H3/t17-,18+/m1/s1. The molecule has 3 rings (SSSR count). The van der Waals surface area contributed by atoms with Gasteiger partial charge < -0.3 is 9.80 Å². The molecule has 0 aromatic heterocycles. The van der Waals surface area contributed by atoms with Gasteiger partial charge in [-0.25, -0.2) is 8.42 Å². The van der Waals surface area contributed by atoms with Crippen LogP contribution in [0.1, 0.15) is 38.2 Å². The van der Waals surface area contributed by atoms with Gasteiger partial charge in [-0.1, -0.05) is 37.3 Å². The van der Waals surface area contributed by atoms with Gasteiger partial charge in [-0.3, -0.25) is 9.59 Å². The minimum atomic E-state index is -3.22. The number of benzene rings is 1. The Morgan fingerprint density at radius 1 is 0.963 bits per heavy atom. The molecule has 0 unspecified atom stereocenters. The highest BCUT2D eigenvalue weighted by Gasteiger charge is 2.48. The predicted molar refractivity (Wildman–Crippen MR) is 104 cm³/mol. The molecule has 2 aliphatic heterocycles. The van der Waals surface area contributed by atoms with E-state index in [0.717, 1.165) is 19.3 Å². The average molecular weight is 393 g/mol. The lowest BCUT2D eigenvalue weighted by Gasteiger charge is -2.44. The van der Waals surface area contributed by atoms with Crippen LogP contribution in [-0.2, 0) is 25.8 Å². The van der Waals surface area contributed by atoms with Gasteiger partial charge in [-0.15, -0.1) is 0 Å². The van der Waals surface area contributed by atoms with Crippen LogP contribution in [0, 0.1) is 0 Å². The lowest BCUT2D eigenvalue weighted by molar-refractivity contribution is -0.145. The van der Waals surface area contributed by atoms with Gasteiger partial charge in [0.15, 0.2) is 9.84 Å². The summed E-state index contributed by atoms with van der Waals surface area (Å²) in [5, 5.41) is 0. The topological polar surface area (TPSA) is 74.8 Å². The first kappa shape index (κ1) is 19.9. The minimum absolute atomic E-state index is 0.0127. The smallest absolute Gasteiger partial charge is 0.222 e. The number of hydrogen-bond acceptors (Lipinski definition) is 4. The van der Waals surface area contributed by atoms with E-state index in [2.05, 4.69) is 12.1 Å². The molecule has 2 amide bonds. The zero-order chi connectivity index (χ0) is 19.4. The lowest BCUT2D eigenvalue weighted by Crippen LogP contribution is -2.61. The third-order valence-electron chi connectivity index (χ3n) is 5.57. The summed E-state index contributed by atoms with van der Waals surface area (Å²) in [6.07, 6.45) is 3.43. The third kappa shape index (κ3) is 4.69. The van der Waals surface area contributed by atoms with Crippen molar-refractivity contribution in [3.8, 4) is 0 Å². The van der Waals surface area contributed by atoms with Gasteiger partial charge in [-0.2, -0.15) is 0 Å². The van der Waals surface area contributed by atoms with Crippen molar-refractivity contribution in [2.75, 3.05) is 24.6 Å². The molecule has 0 radical (unpaired) electrons. The van der Waals surface area contributed by atoms with Crippen LogP contribution in [0.15, 0.2) is 30.3 Å². The number of carbonyl (C=O) groups excluding carboxylic acids is 2. The summed E-state index contributed by atoms with van der Waals surface area (Å²) >= 11 is 0. The molecule has 0 bridgehead atoms. The molecule has 7 heteroatoms. The van der Waals surface area contributed by atoms with Crippen molar-refractivity contribution in [2.24, 2.45) is 0 Å². The highest BCUT2D eigenvalue weighted by molar-refractivity contribution is 7.91. The minimum Gasteiger partial charge on any atom is -0.335 e. The van der Waals surface area contributed by atoms with Crippen LogP contribution in [0.25, 0.3) is 0 Å². The molecule has 148 valence electrons. The molecule has 1 aromatic rings. The monoisotopic (exact) mass is 392 g/mol. The van der Waals surface area contributed by atoms with Gasteiger partial charge >= 0.3 is 0 Å². The maximum atomic E-state index is 12.7. The molecule has 0 spiro atoms. The summed E-state index contributed by atoms with van der Waals surface area (Å²) in [4.78, 5) is 28.3. The predicted octanol–water partition coefficient (Wildman–Crippen LogP) is 1.65. The number of piperazine rings is 1. The van der Waals surface area contributed by atoms with Crippen LogP contribution in [0.2, 0.25) is 0 Å². The van der Waals surface area contributed by atoms with Crippen molar-refractivity contribution in [1.82, 2.24) is 9.80 Å². The van der Waals surface area contributed by atoms with Gasteiger partial charge in [0.1, 0.15) is 0 Å². The summed E-state index contributed by atoms with van der Waals surface area (Å²) in [6, 6.07) is 9.41. The second-order valence-corrected chi connectivity index (χ2v) is 9.59.